The van der Waals surface area contributed by atoms with Gasteiger partial charge in [0.15, 0.2) is 0 Å². The van der Waals surface area contributed by atoms with E-state index in [-0.39, 0.29) is 18.0 Å². The Balaban J connectivity index is 1.59. The third kappa shape index (κ3) is 3.59. The second kappa shape index (κ2) is 7.21. The lowest BCUT2D eigenvalue weighted by atomic mass is 10.1. The van der Waals surface area contributed by atoms with Gasteiger partial charge in [-0.05, 0) is 29.7 Å². The summed E-state index contributed by atoms with van der Waals surface area (Å²) in [6.07, 6.45) is 3.32. The summed E-state index contributed by atoms with van der Waals surface area (Å²) in [4.78, 5) is 28.7. The van der Waals surface area contributed by atoms with Gasteiger partial charge in [-0.3, -0.25) is 14.6 Å². The molecular weight excluding hydrogens is 340 g/mol. The highest BCUT2D eigenvalue weighted by molar-refractivity contribution is 6.01. The molecule has 0 aliphatic rings. The largest absolute Gasteiger partial charge is 0.324 e. The van der Waals surface area contributed by atoms with Crippen LogP contribution in [0.5, 0.6) is 0 Å². The van der Waals surface area contributed by atoms with Crippen LogP contribution < -0.4 is 10.9 Å². The molecule has 0 spiro atoms. The molecule has 0 saturated carbocycles. The molecule has 4 aromatic rings. The molecule has 132 valence electrons. The second-order valence-corrected chi connectivity index (χ2v) is 6.03. The zero-order valence-electron chi connectivity index (χ0n) is 14.4. The molecule has 0 fully saturated rings. The van der Waals surface area contributed by atoms with Gasteiger partial charge in [-0.25, -0.2) is 4.68 Å². The third-order valence-electron chi connectivity index (χ3n) is 4.18. The molecule has 0 bridgehead atoms. The van der Waals surface area contributed by atoms with Crippen LogP contribution in [0, 0.1) is 0 Å². The first kappa shape index (κ1) is 16.7. The van der Waals surface area contributed by atoms with Gasteiger partial charge in [0.05, 0.1) is 5.69 Å². The Morgan fingerprint density at radius 3 is 2.67 bits per heavy atom. The van der Waals surface area contributed by atoms with E-state index in [1.165, 1.54) is 6.07 Å². The Labute approximate surface area is 155 Å². The highest BCUT2D eigenvalue weighted by atomic mass is 16.2. The lowest BCUT2D eigenvalue weighted by Crippen LogP contribution is -2.29. The smallest absolute Gasteiger partial charge is 0.267 e. The van der Waals surface area contributed by atoms with Crippen LogP contribution in [0.15, 0.2) is 83.9 Å². The van der Waals surface area contributed by atoms with Crippen molar-refractivity contribution in [2.45, 2.75) is 6.54 Å². The number of carbonyl (C=O) groups is 1. The van der Waals surface area contributed by atoms with Gasteiger partial charge in [0.1, 0.15) is 6.54 Å². The summed E-state index contributed by atoms with van der Waals surface area (Å²) in [5.41, 5.74) is 1.73. The number of benzene rings is 2. The molecule has 0 saturated heterocycles. The van der Waals surface area contributed by atoms with Crippen molar-refractivity contribution in [3.05, 3.63) is 89.5 Å². The number of nitrogens with one attached hydrogen (secondary N) is 1. The van der Waals surface area contributed by atoms with Gasteiger partial charge in [-0.1, -0.05) is 36.4 Å². The van der Waals surface area contributed by atoms with Gasteiger partial charge in [0.2, 0.25) is 5.91 Å². The molecule has 0 aliphatic heterocycles. The molecule has 6 heteroatoms. The summed E-state index contributed by atoms with van der Waals surface area (Å²) < 4.78 is 1.16. The molecule has 4 rings (SSSR count). The topological polar surface area (TPSA) is 76.9 Å². The van der Waals surface area contributed by atoms with Crippen molar-refractivity contribution in [3.8, 4) is 11.3 Å². The van der Waals surface area contributed by atoms with Gasteiger partial charge in [-0.2, -0.15) is 5.10 Å². The maximum atomic E-state index is 12.5. The molecule has 1 amide bonds. The van der Waals surface area contributed by atoms with Crippen molar-refractivity contribution in [3.63, 3.8) is 0 Å². The number of anilines is 1. The number of hydrogen-bond acceptors (Lipinski definition) is 4. The SMILES string of the molecule is O=C(Cn1nc(-c2cccnc2)ccc1=O)Nc1cccc2ccccc12. The molecule has 6 nitrogen and oxygen atoms in total. The number of aromatic nitrogens is 3. The van der Waals surface area contributed by atoms with Crippen LogP contribution in [0.3, 0.4) is 0 Å². The maximum Gasteiger partial charge on any atom is 0.267 e. The highest BCUT2D eigenvalue weighted by Gasteiger charge is 2.10. The van der Waals surface area contributed by atoms with E-state index in [9.17, 15) is 9.59 Å². The fraction of sp³-hybridized carbons (Fsp3) is 0.0476. The summed E-state index contributed by atoms with van der Waals surface area (Å²) in [6, 6.07) is 20.1. The fourth-order valence-electron chi connectivity index (χ4n) is 2.89. The Hall–Kier alpha value is -3.80. The lowest BCUT2D eigenvalue weighted by Gasteiger charge is -2.10. The maximum absolute atomic E-state index is 12.5. The Bertz CT molecular complexity index is 1160. The molecule has 27 heavy (non-hydrogen) atoms. The van der Waals surface area contributed by atoms with Crippen molar-refractivity contribution < 1.29 is 4.79 Å². The second-order valence-electron chi connectivity index (χ2n) is 6.03. The van der Waals surface area contributed by atoms with Crippen molar-refractivity contribution >= 4 is 22.4 Å². The molecular formula is C21H16N4O2. The molecule has 2 aromatic heterocycles. The number of amides is 1. The average Bonchev–Trinajstić information content (AvgIpc) is 2.70. The van der Waals surface area contributed by atoms with Crippen molar-refractivity contribution in [2.75, 3.05) is 5.32 Å². The normalized spacial score (nSPS) is 10.7. The minimum Gasteiger partial charge on any atom is -0.324 e. The van der Waals surface area contributed by atoms with Crippen LogP contribution >= 0.6 is 0 Å². The van der Waals surface area contributed by atoms with Gasteiger partial charge >= 0.3 is 0 Å². The standard InChI is InChI=1S/C21H16N4O2/c26-20(23-19-9-3-6-15-5-1-2-8-17(15)19)14-25-21(27)11-10-18(24-25)16-7-4-12-22-13-16/h1-13H,14H2,(H,23,26). The van der Waals surface area contributed by atoms with Crippen molar-refractivity contribution in [2.24, 2.45) is 0 Å². The first-order valence-corrected chi connectivity index (χ1v) is 8.47. The van der Waals surface area contributed by atoms with Crippen LogP contribution in [-0.2, 0) is 11.3 Å². The fourth-order valence-corrected chi connectivity index (χ4v) is 2.89. The molecule has 2 heterocycles. The summed E-state index contributed by atoms with van der Waals surface area (Å²) >= 11 is 0. The zero-order chi connectivity index (χ0) is 18.6. The van der Waals surface area contributed by atoms with Crippen LogP contribution in [0.2, 0.25) is 0 Å². The van der Waals surface area contributed by atoms with E-state index >= 15 is 0 Å². The predicted octanol–water partition coefficient (Wildman–Crippen LogP) is 3.10. The Kier molecular flexibility index (Phi) is 4.45. The minimum absolute atomic E-state index is 0.170. The van der Waals surface area contributed by atoms with Gasteiger partial charge < -0.3 is 5.32 Å². The number of rotatable bonds is 4. The highest BCUT2D eigenvalue weighted by Crippen LogP contribution is 2.22. The van der Waals surface area contributed by atoms with Gasteiger partial charge in [-0.15, -0.1) is 0 Å². The van der Waals surface area contributed by atoms with E-state index in [0.29, 0.717) is 11.4 Å². The van der Waals surface area contributed by atoms with Crippen LogP contribution in [0.4, 0.5) is 5.69 Å². The number of pyridine rings is 1. The number of hydrogen-bond donors (Lipinski definition) is 1. The van der Waals surface area contributed by atoms with E-state index in [4.69, 9.17) is 0 Å². The van der Waals surface area contributed by atoms with E-state index in [1.807, 2.05) is 48.5 Å². The molecule has 1 N–H and O–H groups in total. The van der Waals surface area contributed by atoms with E-state index in [1.54, 1.807) is 24.5 Å². The van der Waals surface area contributed by atoms with Gasteiger partial charge in [0, 0.05) is 35.1 Å². The van der Waals surface area contributed by atoms with Crippen molar-refractivity contribution in [1.82, 2.24) is 14.8 Å². The Morgan fingerprint density at radius 1 is 0.963 bits per heavy atom. The van der Waals surface area contributed by atoms with E-state index in [0.717, 1.165) is 21.0 Å². The molecule has 0 unspecified atom stereocenters. The summed E-state index contributed by atoms with van der Waals surface area (Å²) in [6.45, 7) is -0.170. The van der Waals surface area contributed by atoms with Crippen LogP contribution in [0.1, 0.15) is 0 Å². The summed E-state index contributed by atoms with van der Waals surface area (Å²) in [5.74, 6) is -0.315. The third-order valence-corrected chi connectivity index (χ3v) is 4.18. The van der Waals surface area contributed by atoms with Crippen LogP contribution in [0.25, 0.3) is 22.0 Å². The molecule has 0 aliphatic carbocycles. The molecule has 0 radical (unpaired) electrons. The van der Waals surface area contributed by atoms with Crippen LogP contribution in [-0.4, -0.2) is 20.7 Å². The monoisotopic (exact) mass is 356 g/mol. The van der Waals surface area contributed by atoms with E-state index in [2.05, 4.69) is 15.4 Å². The quantitative estimate of drug-likeness (QED) is 0.610. The number of carbonyl (C=O) groups excluding carboxylic acids is 1. The minimum atomic E-state index is -0.337. The van der Waals surface area contributed by atoms with Crippen molar-refractivity contribution in [1.29, 1.82) is 0 Å². The average molecular weight is 356 g/mol. The Morgan fingerprint density at radius 2 is 1.81 bits per heavy atom. The summed E-state index contributed by atoms with van der Waals surface area (Å²) in [5, 5.41) is 9.13. The predicted molar refractivity (Wildman–Crippen MR) is 104 cm³/mol. The number of fused-ring (bicyclic) bond motifs is 1. The number of nitrogens with zero attached hydrogens (tertiary/aromatic N) is 3. The first-order valence-electron chi connectivity index (χ1n) is 8.47. The van der Waals surface area contributed by atoms with E-state index < -0.39 is 0 Å². The first-order chi connectivity index (χ1) is 13.2. The molecule has 0 atom stereocenters. The van der Waals surface area contributed by atoms with Gasteiger partial charge in [0.25, 0.3) is 5.56 Å². The lowest BCUT2D eigenvalue weighted by molar-refractivity contribution is -0.117. The summed E-state index contributed by atoms with van der Waals surface area (Å²) in [7, 11) is 0. The molecule has 2 aromatic carbocycles. The zero-order valence-corrected chi connectivity index (χ0v) is 14.4.